The van der Waals surface area contributed by atoms with E-state index < -0.39 is 0 Å². The van der Waals surface area contributed by atoms with Gasteiger partial charge in [0, 0.05) is 43.6 Å². The van der Waals surface area contributed by atoms with E-state index in [4.69, 9.17) is 0 Å². The van der Waals surface area contributed by atoms with Crippen LogP contribution < -0.4 is 0 Å². The first-order valence-electron chi connectivity index (χ1n) is 18.6. The molecule has 0 amide bonds. The number of fused-ring (bicyclic) bond motifs is 9. The molecule has 252 valence electrons. The van der Waals surface area contributed by atoms with Gasteiger partial charge in [0.1, 0.15) is 0 Å². The maximum atomic E-state index is 3.75. The molecule has 0 saturated carbocycles. The Hall–Kier alpha value is -6.64. The van der Waals surface area contributed by atoms with Crippen LogP contribution >= 0.6 is 0 Å². The van der Waals surface area contributed by atoms with Crippen LogP contribution in [0.25, 0.3) is 88.6 Å². The average molecular weight is 679 g/mol. The van der Waals surface area contributed by atoms with Crippen LogP contribution in [0, 0.1) is 0 Å². The van der Waals surface area contributed by atoms with Gasteiger partial charge in [0.05, 0.1) is 0 Å². The molecule has 1 aliphatic carbocycles. The SMILES string of the molecule is C\C=C/C(=C\C=C\c1ccc2[nH]c3cc4c(cc3c2c1)CCc1cc2c(cc1-4)[nH]c1ccc(-c3ccc(-c4ccccc4)cc3)cc12)c1ccccc1. The van der Waals surface area contributed by atoms with Crippen molar-refractivity contribution in [1.29, 1.82) is 0 Å². The van der Waals surface area contributed by atoms with Crippen LogP contribution in [-0.2, 0) is 12.8 Å². The summed E-state index contributed by atoms with van der Waals surface area (Å²) < 4.78 is 0. The Bertz CT molecular complexity index is 2910. The second-order valence-corrected chi connectivity index (χ2v) is 14.2. The summed E-state index contributed by atoms with van der Waals surface area (Å²) in [5.41, 5.74) is 18.8. The number of aryl methyl sites for hydroxylation is 2. The van der Waals surface area contributed by atoms with Crippen molar-refractivity contribution in [2.45, 2.75) is 19.8 Å². The molecular weight excluding hydrogens is 641 g/mol. The first-order valence-corrected chi connectivity index (χ1v) is 18.6. The Balaban J connectivity index is 0.981. The molecule has 2 heteroatoms. The fourth-order valence-electron chi connectivity index (χ4n) is 8.28. The number of H-pyrrole nitrogens is 2. The number of hydrogen-bond donors (Lipinski definition) is 2. The molecule has 0 aliphatic heterocycles. The molecule has 0 unspecified atom stereocenters. The summed E-state index contributed by atoms with van der Waals surface area (Å²) in [7, 11) is 0. The summed E-state index contributed by atoms with van der Waals surface area (Å²) in [5.74, 6) is 0. The van der Waals surface area contributed by atoms with Gasteiger partial charge in [-0.1, -0.05) is 127 Å². The molecule has 7 aromatic carbocycles. The lowest BCUT2D eigenvalue weighted by Crippen LogP contribution is -2.04. The summed E-state index contributed by atoms with van der Waals surface area (Å²) in [6.07, 6.45) is 12.9. The van der Waals surface area contributed by atoms with Crippen LogP contribution in [0.2, 0.25) is 0 Å². The minimum atomic E-state index is 1.04. The smallest absolute Gasteiger partial charge is 0.0471 e. The predicted octanol–water partition coefficient (Wildman–Crippen LogP) is 13.7. The van der Waals surface area contributed by atoms with E-state index in [9.17, 15) is 0 Å². The topological polar surface area (TPSA) is 31.6 Å². The number of benzene rings is 7. The van der Waals surface area contributed by atoms with Gasteiger partial charge in [0.25, 0.3) is 0 Å². The molecule has 2 aromatic heterocycles. The third kappa shape index (κ3) is 5.60. The van der Waals surface area contributed by atoms with Crippen LogP contribution in [0.3, 0.4) is 0 Å². The molecule has 0 spiro atoms. The lowest BCUT2D eigenvalue weighted by atomic mass is 9.84. The molecule has 0 radical (unpaired) electrons. The summed E-state index contributed by atoms with van der Waals surface area (Å²) in [6, 6.07) is 53.3. The van der Waals surface area contributed by atoms with Crippen molar-refractivity contribution >= 4 is 55.3 Å². The van der Waals surface area contributed by atoms with Crippen molar-refractivity contribution in [3.05, 3.63) is 192 Å². The van der Waals surface area contributed by atoms with Gasteiger partial charge in [-0.2, -0.15) is 0 Å². The lowest BCUT2D eigenvalue weighted by Gasteiger charge is -2.20. The van der Waals surface area contributed by atoms with Crippen molar-refractivity contribution in [2.75, 3.05) is 0 Å². The number of rotatable bonds is 6. The summed E-state index contributed by atoms with van der Waals surface area (Å²) in [5, 5.41) is 5.15. The van der Waals surface area contributed by atoms with E-state index in [-0.39, 0.29) is 0 Å². The first kappa shape index (κ1) is 31.1. The largest absolute Gasteiger partial charge is 0.354 e. The van der Waals surface area contributed by atoms with E-state index in [1.165, 1.54) is 105 Å². The van der Waals surface area contributed by atoms with Crippen LogP contribution in [0.1, 0.15) is 29.2 Å². The summed E-state index contributed by atoms with van der Waals surface area (Å²) in [4.78, 5) is 7.49. The van der Waals surface area contributed by atoms with Crippen LogP contribution in [0.4, 0.5) is 0 Å². The molecule has 10 rings (SSSR count). The second-order valence-electron chi connectivity index (χ2n) is 14.2. The molecule has 2 heterocycles. The zero-order chi connectivity index (χ0) is 35.3. The highest BCUT2D eigenvalue weighted by molar-refractivity contribution is 6.12. The number of nitrogens with one attached hydrogen (secondary N) is 2. The van der Waals surface area contributed by atoms with Crippen molar-refractivity contribution in [2.24, 2.45) is 0 Å². The molecule has 0 bridgehead atoms. The number of allylic oxidation sites excluding steroid dienone is 5. The Labute approximate surface area is 309 Å². The van der Waals surface area contributed by atoms with Gasteiger partial charge in [-0.3, -0.25) is 0 Å². The lowest BCUT2D eigenvalue weighted by molar-refractivity contribution is 0.946. The van der Waals surface area contributed by atoms with E-state index in [0.29, 0.717) is 0 Å². The van der Waals surface area contributed by atoms with Crippen molar-refractivity contribution in [1.82, 2.24) is 9.97 Å². The third-order valence-corrected chi connectivity index (χ3v) is 11.0. The highest BCUT2D eigenvalue weighted by Gasteiger charge is 2.20. The molecule has 0 fully saturated rings. The number of aromatic nitrogens is 2. The Morgan fingerprint density at radius 3 is 1.66 bits per heavy atom. The molecular formula is C51H38N2. The van der Waals surface area contributed by atoms with Crippen molar-refractivity contribution in [3.63, 3.8) is 0 Å². The van der Waals surface area contributed by atoms with Crippen LogP contribution in [-0.4, -0.2) is 9.97 Å². The van der Waals surface area contributed by atoms with E-state index >= 15 is 0 Å². The normalized spacial score (nSPS) is 13.2. The van der Waals surface area contributed by atoms with Crippen molar-refractivity contribution in [3.8, 4) is 33.4 Å². The Morgan fingerprint density at radius 1 is 0.491 bits per heavy atom. The van der Waals surface area contributed by atoms with E-state index in [0.717, 1.165) is 12.8 Å². The number of aromatic amines is 2. The predicted molar refractivity (Wildman–Crippen MR) is 227 cm³/mol. The number of hydrogen-bond acceptors (Lipinski definition) is 0. The molecule has 0 saturated heterocycles. The Morgan fingerprint density at radius 2 is 1.02 bits per heavy atom. The molecule has 9 aromatic rings. The zero-order valence-electron chi connectivity index (χ0n) is 29.7. The van der Waals surface area contributed by atoms with E-state index in [1.807, 2.05) is 0 Å². The zero-order valence-corrected chi connectivity index (χ0v) is 29.7. The van der Waals surface area contributed by atoms with Crippen molar-refractivity contribution < 1.29 is 0 Å². The quantitative estimate of drug-likeness (QED) is 0.164. The van der Waals surface area contributed by atoms with Gasteiger partial charge in [-0.15, -0.1) is 0 Å². The molecule has 2 N–H and O–H groups in total. The molecule has 2 nitrogen and oxygen atoms in total. The fraction of sp³-hybridized carbons (Fsp3) is 0.0588. The van der Waals surface area contributed by atoms with Gasteiger partial charge in [-0.25, -0.2) is 0 Å². The van der Waals surface area contributed by atoms with E-state index in [2.05, 4.69) is 193 Å². The fourth-order valence-corrected chi connectivity index (χ4v) is 8.28. The van der Waals surface area contributed by atoms with Gasteiger partial charge in [-0.05, 0) is 130 Å². The van der Waals surface area contributed by atoms with Gasteiger partial charge in [0.15, 0.2) is 0 Å². The van der Waals surface area contributed by atoms with Crippen LogP contribution in [0.5, 0.6) is 0 Å². The van der Waals surface area contributed by atoms with Crippen LogP contribution in [0.15, 0.2) is 170 Å². The van der Waals surface area contributed by atoms with Gasteiger partial charge in [0.2, 0.25) is 0 Å². The molecule has 0 atom stereocenters. The highest BCUT2D eigenvalue weighted by atomic mass is 14.7. The third-order valence-electron chi connectivity index (χ3n) is 11.0. The second kappa shape index (κ2) is 12.8. The molecule has 53 heavy (non-hydrogen) atoms. The summed E-state index contributed by atoms with van der Waals surface area (Å²) >= 11 is 0. The highest BCUT2D eigenvalue weighted by Crippen LogP contribution is 2.42. The maximum absolute atomic E-state index is 3.75. The Kier molecular flexibility index (Phi) is 7.54. The minimum absolute atomic E-state index is 1.04. The summed E-state index contributed by atoms with van der Waals surface area (Å²) in [6.45, 7) is 2.06. The van der Waals surface area contributed by atoms with Gasteiger partial charge >= 0.3 is 0 Å². The van der Waals surface area contributed by atoms with E-state index in [1.54, 1.807) is 0 Å². The standard InChI is InChI=1S/C51H38N2/c1-2-10-34(35-12-5-3-6-13-35)16-9-11-33-17-25-48-44(27-33)46-29-40-22-23-41-30-47-45-28-39(38-20-18-37(19-21-38)36-14-7-4-8-15-36)24-26-49(45)53-51(47)32-43(41)42(40)31-50(46)52-48/h2-21,24-32,52-53H,22-23H2,1H3/b10-2-,11-9+,34-16+. The first-order chi connectivity index (χ1) is 26.2. The minimum Gasteiger partial charge on any atom is -0.354 e. The molecule has 1 aliphatic rings. The average Bonchev–Trinajstić information content (AvgIpc) is 3.76. The monoisotopic (exact) mass is 678 g/mol. The van der Waals surface area contributed by atoms with Gasteiger partial charge < -0.3 is 9.97 Å². The maximum Gasteiger partial charge on any atom is 0.0471 e.